The van der Waals surface area contributed by atoms with E-state index in [-0.39, 0.29) is 0 Å². The molecule has 8 heteroatoms. The first kappa shape index (κ1) is 19.3. The number of aromatic nitrogens is 1. The van der Waals surface area contributed by atoms with Crippen LogP contribution < -0.4 is 5.32 Å². The number of para-hydroxylation sites is 1. The highest BCUT2D eigenvalue weighted by Crippen LogP contribution is 2.19. The monoisotopic (exact) mass is 388 g/mol. The summed E-state index contributed by atoms with van der Waals surface area (Å²) in [5.41, 5.74) is 1.19. The molecule has 2 aromatic heterocycles. The summed E-state index contributed by atoms with van der Waals surface area (Å²) in [7, 11) is 0. The van der Waals surface area contributed by atoms with Crippen LogP contribution in [0.3, 0.4) is 0 Å². The van der Waals surface area contributed by atoms with Gasteiger partial charge in [0.1, 0.15) is 23.1 Å². The molecule has 2 heterocycles. The van der Waals surface area contributed by atoms with E-state index >= 15 is 0 Å². The molecule has 1 aromatic carbocycles. The molecule has 0 atom stereocenters. The minimum atomic E-state index is -0.916. The lowest BCUT2D eigenvalue weighted by Crippen LogP contribution is -2.22. The highest BCUT2D eigenvalue weighted by atomic mass is 19.1. The fourth-order valence-electron chi connectivity index (χ4n) is 2.81. The molecule has 0 saturated carbocycles. The zero-order valence-corrected chi connectivity index (χ0v) is 15.3. The van der Waals surface area contributed by atoms with E-state index in [0.717, 1.165) is 23.6 Å². The van der Waals surface area contributed by atoms with Crippen molar-refractivity contribution in [3.8, 4) is 0 Å². The molecular weight excluding hydrogens is 370 g/mol. The van der Waals surface area contributed by atoms with Gasteiger partial charge in [-0.05, 0) is 44.2 Å². The van der Waals surface area contributed by atoms with Crippen LogP contribution >= 0.6 is 0 Å². The predicted molar refractivity (Wildman–Crippen MR) is 97.0 cm³/mol. The van der Waals surface area contributed by atoms with Crippen molar-refractivity contribution in [2.24, 2.45) is 0 Å². The first-order chi connectivity index (χ1) is 13.4. The first-order valence-electron chi connectivity index (χ1n) is 8.47. The molecule has 1 amide bonds. The maximum atomic E-state index is 13.6. The van der Waals surface area contributed by atoms with Crippen molar-refractivity contribution in [1.82, 2.24) is 4.57 Å². The van der Waals surface area contributed by atoms with E-state index < -0.39 is 35.8 Å². The molecule has 6 nitrogen and oxygen atoms in total. The van der Waals surface area contributed by atoms with Crippen LogP contribution in [0, 0.1) is 25.5 Å². The highest BCUT2D eigenvalue weighted by Gasteiger charge is 2.19. The Labute approximate surface area is 159 Å². The molecular formula is C20H18F2N2O4. The molecule has 0 aliphatic heterocycles. The van der Waals surface area contributed by atoms with E-state index in [2.05, 4.69) is 5.32 Å². The average Bonchev–Trinajstić information content (AvgIpc) is 3.26. The number of benzene rings is 1. The smallest absolute Gasteiger partial charge is 0.340 e. The number of nitrogens with one attached hydrogen (secondary N) is 1. The van der Waals surface area contributed by atoms with Crippen molar-refractivity contribution in [3.05, 3.63) is 77.0 Å². The molecule has 146 valence electrons. The van der Waals surface area contributed by atoms with Gasteiger partial charge in [0.25, 0.3) is 5.91 Å². The number of anilines is 1. The van der Waals surface area contributed by atoms with Gasteiger partial charge in [0.15, 0.2) is 6.61 Å². The van der Waals surface area contributed by atoms with Crippen LogP contribution in [0.15, 0.2) is 47.1 Å². The third-order valence-electron chi connectivity index (χ3n) is 4.25. The number of aryl methyl sites for hydroxylation is 1. The number of ether oxygens (including phenoxy) is 1. The number of amides is 1. The predicted octanol–water partition coefficient (Wildman–Crippen LogP) is 3.82. The number of rotatable bonds is 6. The lowest BCUT2D eigenvalue weighted by molar-refractivity contribution is -0.119. The van der Waals surface area contributed by atoms with Gasteiger partial charge < -0.3 is 19.0 Å². The zero-order valence-electron chi connectivity index (χ0n) is 15.3. The molecule has 0 fully saturated rings. The minimum absolute atomic E-state index is 0.300. The Kier molecular flexibility index (Phi) is 5.58. The van der Waals surface area contributed by atoms with Gasteiger partial charge in [0, 0.05) is 11.4 Å². The van der Waals surface area contributed by atoms with Crippen LogP contribution in [-0.4, -0.2) is 23.1 Å². The second-order valence-corrected chi connectivity index (χ2v) is 6.17. The number of hydrogen-bond acceptors (Lipinski definition) is 4. The largest absolute Gasteiger partial charge is 0.467 e. The highest BCUT2D eigenvalue weighted by molar-refractivity contribution is 5.96. The molecule has 0 bridgehead atoms. The van der Waals surface area contributed by atoms with Crippen molar-refractivity contribution in [1.29, 1.82) is 0 Å². The molecule has 0 aliphatic carbocycles. The van der Waals surface area contributed by atoms with Crippen LogP contribution in [0.4, 0.5) is 14.5 Å². The summed E-state index contributed by atoms with van der Waals surface area (Å²) in [6, 6.07) is 8.45. The number of carbonyl (C=O) groups excluding carboxylic acids is 2. The van der Waals surface area contributed by atoms with Crippen molar-refractivity contribution in [3.63, 3.8) is 0 Å². The lowest BCUT2D eigenvalue weighted by Gasteiger charge is -2.09. The van der Waals surface area contributed by atoms with Gasteiger partial charge in [-0.1, -0.05) is 6.07 Å². The second kappa shape index (κ2) is 8.08. The van der Waals surface area contributed by atoms with Gasteiger partial charge >= 0.3 is 5.97 Å². The van der Waals surface area contributed by atoms with Gasteiger partial charge in [0.05, 0.1) is 18.4 Å². The van der Waals surface area contributed by atoms with Crippen LogP contribution in [0.2, 0.25) is 0 Å². The summed E-state index contributed by atoms with van der Waals surface area (Å²) >= 11 is 0. The van der Waals surface area contributed by atoms with E-state index in [1.54, 1.807) is 25.3 Å². The molecule has 1 N–H and O–H groups in total. The van der Waals surface area contributed by atoms with E-state index in [0.29, 0.717) is 17.8 Å². The molecule has 3 aromatic rings. The van der Waals surface area contributed by atoms with Gasteiger partial charge in [-0.25, -0.2) is 13.6 Å². The summed E-state index contributed by atoms with van der Waals surface area (Å²) in [6.07, 6.45) is 1.57. The number of carbonyl (C=O) groups is 2. The van der Waals surface area contributed by atoms with Crippen LogP contribution in [0.5, 0.6) is 0 Å². The van der Waals surface area contributed by atoms with E-state index in [1.165, 1.54) is 6.07 Å². The van der Waals surface area contributed by atoms with Crippen molar-refractivity contribution in [2.45, 2.75) is 20.4 Å². The number of hydrogen-bond donors (Lipinski definition) is 1. The maximum Gasteiger partial charge on any atom is 0.340 e. The fourth-order valence-corrected chi connectivity index (χ4v) is 2.81. The van der Waals surface area contributed by atoms with E-state index in [1.807, 2.05) is 17.6 Å². The van der Waals surface area contributed by atoms with E-state index in [9.17, 15) is 18.4 Å². The van der Waals surface area contributed by atoms with Gasteiger partial charge in [-0.15, -0.1) is 0 Å². The van der Waals surface area contributed by atoms with Crippen LogP contribution in [0.1, 0.15) is 27.5 Å². The minimum Gasteiger partial charge on any atom is -0.467 e. The Hall–Kier alpha value is -3.42. The third kappa shape index (κ3) is 4.11. The van der Waals surface area contributed by atoms with E-state index in [4.69, 9.17) is 9.15 Å². The van der Waals surface area contributed by atoms with Crippen molar-refractivity contribution >= 4 is 17.6 Å². The summed E-state index contributed by atoms with van der Waals surface area (Å²) < 4.78 is 39.3. The Morgan fingerprint density at radius 1 is 1.14 bits per heavy atom. The Morgan fingerprint density at radius 2 is 1.86 bits per heavy atom. The summed E-state index contributed by atoms with van der Waals surface area (Å²) in [5.74, 6) is -2.65. The normalized spacial score (nSPS) is 10.7. The number of nitrogens with zero attached hydrogens (tertiary/aromatic N) is 1. The fraction of sp³-hybridized carbons (Fsp3) is 0.200. The first-order valence-corrected chi connectivity index (χ1v) is 8.47. The Bertz CT molecular complexity index is 989. The molecule has 0 radical (unpaired) electrons. The Morgan fingerprint density at radius 3 is 2.50 bits per heavy atom. The lowest BCUT2D eigenvalue weighted by atomic mass is 10.2. The topological polar surface area (TPSA) is 73.5 Å². The number of furan rings is 1. The number of halogens is 2. The standard InChI is InChI=1S/C20H18F2N2O4/c1-12-9-15(13(2)24(12)10-14-5-4-8-27-14)20(26)28-11-18(25)23-19-16(21)6-3-7-17(19)22/h3-9H,10-11H2,1-2H3,(H,23,25). The third-order valence-corrected chi connectivity index (χ3v) is 4.25. The van der Waals surface area contributed by atoms with Crippen molar-refractivity contribution in [2.75, 3.05) is 11.9 Å². The average molecular weight is 388 g/mol. The van der Waals surface area contributed by atoms with Crippen LogP contribution in [0.25, 0.3) is 0 Å². The quantitative estimate of drug-likeness (QED) is 0.652. The van der Waals surface area contributed by atoms with Gasteiger partial charge in [-0.2, -0.15) is 0 Å². The molecule has 0 aliphatic rings. The zero-order chi connectivity index (χ0) is 20.3. The molecule has 0 spiro atoms. The summed E-state index contributed by atoms with van der Waals surface area (Å²) in [4.78, 5) is 24.2. The summed E-state index contributed by atoms with van der Waals surface area (Å²) in [5, 5.41) is 2.06. The molecule has 0 unspecified atom stereocenters. The SMILES string of the molecule is Cc1cc(C(=O)OCC(=O)Nc2c(F)cccc2F)c(C)n1Cc1ccco1. The van der Waals surface area contributed by atoms with Gasteiger partial charge in [0.2, 0.25) is 0 Å². The molecule has 28 heavy (non-hydrogen) atoms. The van der Waals surface area contributed by atoms with Crippen LogP contribution in [-0.2, 0) is 16.1 Å². The molecule has 3 rings (SSSR count). The Balaban J connectivity index is 1.64. The van der Waals surface area contributed by atoms with Crippen molar-refractivity contribution < 1.29 is 27.5 Å². The molecule has 0 saturated heterocycles. The maximum absolute atomic E-state index is 13.6. The second-order valence-electron chi connectivity index (χ2n) is 6.17. The summed E-state index contributed by atoms with van der Waals surface area (Å²) in [6.45, 7) is 3.36. The van der Waals surface area contributed by atoms with Gasteiger partial charge in [-0.3, -0.25) is 4.79 Å². The number of esters is 1.